The van der Waals surface area contributed by atoms with Crippen molar-refractivity contribution in [3.05, 3.63) is 47.7 Å². The second kappa shape index (κ2) is 5.37. The maximum atomic E-state index is 11.7. The normalized spacial score (nSPS) is 9.83. The Bertz CT molecular complexity index is 559. The van der Waals surface area contributed by atoms with Gasteiger partial charge in [-0.1, -0.05) is 11.6 Å². The summed E-state index contributed by atoms with van der Waals surface area (Å²) in [5, 5.41) is 5.68. The van der Waals surface area contributed by atoms with E-state index in [4.69, 9.17) is 17.3 Å². The molecule has 0 atom stereocenters. The Kier molecular flexibility index (Phi) is 3.64. The molecule has 2 aromatic rings. The third-order valence-electron chi connectivity index (χ3n) is 2.18. The van der Waals surface area contributed by atoms with Gasteiger partial charge in [-0.05, 0) is 30.3 Å². The summed E-state index contributed by atoms with van der Waals surface area (Å²) in [6.45, 7) is 0. The number of halogens is 1. The van der Waals surface area contributed by atoms with E-state index in [2.05, 4.69) is 15.6 Å². The lowest BCUT2D eigenvalue weighted by Crippen LogP contribution is -2.19. The van der Waals surface area contributed by atoms with Crippen molar-refractivity contribution >= 4 is 34.7 Å². The van der Waals surface area contributed by atoms with Crippen LogP contribution in [0.15, 0.2) is 42.7 Å². The van der Waals surface area contributed by atoms with Crippen molar-refractivity contribution in [1.82, 2.24) is 4.98 Å². The standard InChI is InChI=1S/C12H11ClN4O/c13-10-6-8(3-4-11(10)14)16-12(18)17-9-2-1-5-15-7-9/h1-7H,14H2,(H2,16,17,18). The van der Waals surface area contributed by atoms with E-state index in [1.165, 1.54) is 0 Å². The number of carbonyl (C=O) groups excluding carboxylic acids is 1. The maximum Gasteiger partial charge on any atom is 0.323 e. The van der Waals surface area contributed by atoms with Gasteiger partial charge in [-0.3, -0.25) is 4.98 Å². The molecule has 0 saturated heterocycles. The summed E-state index contributed by atoms with van der Waals surface area (Å²) >= 11 is 5.85. The third kappa shape index (κ3) is 3.11. The molecule has 0 aliphatic rings. The van der Waals surface area contributed by atoms with Crippen molar-refractivity contribution in [3.63, 3.8) is 0 Å². The van der Waals surface area contributed by atoms with Gasteiger partial charge in [0.05, 0.1) is 22.6 Å². The predicted octanol–water partition coefficient (Wildman–Crippen LogP) is 2.96. The van der Waals surface area contributed by atoms with Crippen molar-refractivity contribution < 1.29 is 4.79 Å². The number of carbonyl (C=O) groups is 1. The number of hydrogen-bond donors (Lipinski definition) is 3. The van der Waals surface area contributed by atoms with Gasteiger partial charge in [0.15, 0.2) is 0 Å². The number of pyridine rings is 1. The summed E-state index contributed by atoms with van der Waals surface area (Å²) in [4.78, 5) is 15.5. The molecule has 0 bridgehead atoms. The Hall–Kier alpha value is -2.27. The average Bonchev–Trinajstić information content (AvgIpc) is 2.35. The van der Waals surface area contributed by atoms with E-state index in [-0.39, 0.29) is 6.03 Å². The van der Waals surface area contributed by atoms with Crippen molar-refractivity contribution in [1.29, 1.82) is 0 Å². The fourth-order valence-electron chi connectivity index (χ4n) is 1.34. The molecule has 0 aliphatic carbocycles. The molecule has 2 amide bonds. The summed E-state index contributed by atoms with van der Waals surface area (Å²) in [6.07, 6.45) is 3.18. The van der Waals surface area contributed by atoms with Crippen LogP contribution in [0.5, 0.6) is 0 Å². The van der Waals surface area contributed by atoms with Gasteiger partial charge in [-0.2, -0.15) is 0 Å². The monoisotopic (exact) mass is 262 g/mol. The highest BCUT2D eigenvalue weighted by molar-refractivity contribution is 6.33. The van der Waals surface area contributed by atoms with E-state index in [9.17, 15) is 4.79 Å². The number of nitrogens with zero attached hydrogens (tertiary/aromatic N) is 1. The molecule has 0 spiro atoms. The molecule has 1 heterocycles. The first-order valence-corrected chi connectivity index (χ1v) is 5.56. The van der Waals surface area contributed by atoms with E-state index >= 15 is 0 Å². The van der Waals surface area contributed by atoms with E-state index in [1.807, 2.05) is 0 Å². The van der Waals surface area contributed by atoms with E-state index in [0.717, 1.165) is 0 Å². The zero-order chi connectivity index (χ0) is 13.0. The fourth-order valence-corrected chi connectivity index (χ4v) is 1.52. The summed E-state index contributed by atoms with van der Waals surface area (Å²) in [7, 11) is 0. The SMILES string of the molecule is Nc1ccc(NC(=O)Nc2cccnc2)cc1Cl. The number of anilines is 3. The molecule has 6 heteroatoms. The highest BCUT2D eigenvalue weighted by atomic mass is 35.5. The van der Waals surface area contributed by atoms with Gasteiger partial charge in [-0.25, -0.2) is 4.79 Å². The number of urea groups is 1. The van der Waals surface area contributed by atoms with Crippen molar-refractivity contribution in [2.24, 2.45) is 0 Å². The lowest BCUT2D eigenvalue weighted by Gasteiger charge is -2.08. The Morgan fingerprint density at radius 1 is 1.22 bits per heavy atom. The van der Waals surface area contributed by atoms with Crippen LogP contribution < -0.4 is 16.4 Å². The topological polar surface area (TPSA) is 80.0 Å². The first-order chi connectivity index (χ1) is 8.65. The first kappa shape index (κ1) is 12.2. The van der Waals surface area contributed by atoms with Gasteiger partial charge in [0.25, 0.3) is 0 Å². The van der Waals surface area contributed by atoms with Crippen molar-refractivity contribution in [2.75, 3.05) is 16.4 Å². The molecule has 0 aliphatic heterocycles. The highest BCUT2D eigenvalue weighted by Crippen LogP contribution is 2.22. The summed E-state index contributed by atoms with van der Waals surface area (Å²) in [5.74, 6) is 0. The van der Waals surface area contributed by atoms with Gasteiger partial charge in [-0.15, -0.1) is 0 Å². The number of nitrogens with one attached hydrogen (secondary N) is 2. The molecule has 0 fully saturated rings. The van der Waals surface area contributed by atoms with Crippen LogP contribution in [0.3, 0.4) is 0 Å². The summed E-state index contributed by atoms with van der Waals surface area (Å²) in [6, 6.07) is 7.98. The molecule has 4 N–H and O–H groups in total. The van der Waals surface area contributed by atoms with Gasteiger partial charge in [0.2, 0.25) is 0 Å². The molecule has 2 rings (SSSR count). The molecule has 0 saturated carbocycles. The van der Waals surface area contributed by atoms with Gasteiger partial charge >= 0.3 is 6.03 Å². The molecule has 0 radical (unpaired) electrons. The smallest absolute Gasteiger partial charge is 0.323 e. The Morgan fingerprint density at radius 3 is 2.67 bits per heavy atom. The number of nitrogens with two attached hydrogens (primary N) is 1. The molecule has 5 nitrogen and oxygen atoms in total. The van der Waals surface area contributed by atoms with E-state index in [0.29, 0.717) is 22.1 Å². The maximum absolute atomic E-state index is 11.7. The number of aromatic nitrogens is 1. The Labute approximate surface area is 109 Å². The van der Waals surface area contributed by atoms with Crippen LogP contribution in [0.4, 0.5) is 21.9 Å². The van der Waals surface area contributed by atoms with Gasteiger partial charge < -0.3 is 16.4 Å². The Balaban J connectivity index is 2.01. The number of amides is 2. The minimum absolute atomic E-state index is 0.371. The van der Waals surface area contributed by atoms with Gasteiger partial charge in [0.1, 0.15) is 0 Å². The molecular weight excluding hydrogens is 252 g/mol. The highest BCUT2D eigenvalue weighted by Gasteiger charge is 2.04. The molecule has 92 valence electrons. The van der Waals surface area contributed by atoms with Crippen LogP contribution in [-0.2, 0) is 0 Å². The van der Waals surface area contributed by atoms with E-state index < -0.39 is 0 Å². The largest absolute Gasteiger partial charge is 0.398 e. The number of nitrogen functional groups attached to an aromatic ring is 1. The zero-order valence-corrected chi connectivity index (χ0v) is 10.1. The number of benzene rings is 1. The lowest BCUT2D eigenvalue weighted by molar-refractivity contribution is 0.262. The molecule has 0 unspecified atom stereocenters. The van der Waals surface area contributed by atoms with E-state index in [1.54, 1.807) is 42.7 Å². The summed E-state index contributed by atoms with van der Waals surface area (Å²) < 4.78 is 0. The summed E-state index contributed by atoms with van der Waals surface area (Å²) in [5.41, 5.74) is 7.22. The van der Waals surface area contributed by atoms with Crippen LogP contribution in [0.2, 0.25) is 5.02 Å². The second-order valence-corrected chi connectivity index (χ2v) is 3.96. The van der Waals surface area contributed by atoms with Crippen LogP contribution >= 0.6 is 11.6 Å². The molecule has 1 aromatic heterocycles. The van der Waals surface area contributed by atoms with Crippen LogP contribution in [0, 0.1) is 0 Å². The predicted molar refractivity (Wildman–Crippen MR) is 72.7 cm³/mol. The van der Waals surface area contributed by atoms with Crippen molar-refractivity contribution in [2.45, 2.75) is 0 Å². The average molecular weight is 263 g/mol. The Morgan fingerprint density at radius 2 is 2.00 bits per heavy atom. The molecule has 18 heavy (non-hydrogen) atoms. The lowest BCUT2D eigenvalue weighted by atomic mass is 10.3. The van der Waals surface area contributed by atoms with Crippen LogP contribution in [0.25, 0.3) is 0 Å². The van der Waals surface area contributed by atoms with Gasteiger partial charge in [0, 0.05) is 11.9 Å². The molecule has 1 aromatic carbocycles. The zero-order valence-electron chi connectivity index (χ0n) is 9.35. The minimum Gasteiger partial charge on any atom is -0.398 e. The third-order valence-corrected chi connectivity index (χ3v) is 2.51. The molecular formula is C12H11ClN4O. The number of rotatable bonds is 2. The first-order valence-electron chi connectivity index (χ1n) is 5.18. The second-order valence-electron chi connectivity index (χ2n) is 3.56. The van der Waals surface area contributed by atoms with Crippen LogP contribution in [0.1, 0.15) is 0 Å². The van der Waals surface area contributed by atoms with Crippen molar-refractivity contribution in [3.8, 4) is 0 Å². The fraction of sp³-hybridized carbons (Fsp3) is 0. The quantitative estimate of drug-likeness (QED) is 0.728. The number of hydrogen-bond acceptors (Lipinski definition) is 3. The van der Waals surface area contributed by atoms with Crippen LogP contribution in [-0.4, -0.2) is 11.0 Å². The minimum atomic E-state index is -0.371.